The van der Waals surface area contributed by atoms with E-state index < -0.39 is 11.2 Å². The van der Waals surface area contributed by atoms with Crippen molar-refractivity contribution in [1.29, 1.82) is 0 Å². The van der Waals surface area contributed by atoms with Crippen LogP contribution in [-0.2, 0) is 6.54 Å². The highest BCUT2D eigenvalue weighted by Crippen LogP contribution is 2.18. The van der Waals surface area contributed by atoms with Crippen molar-refractivity contribution in [3.05, 3.63) is 25.7 Å². The fraction of sp³-hybridized carbons (Fsp3) is 0.600. The Morgan fingerprint density at radius 1 is 1.39 bits per heavy atom. The second-order valence-corrected chi connectivity index (χ2v) is 6.83. The fourth-order valence-corrected chi connectivity index (χ4v) is 3.12. The Kier molecular flexibility index (Phi) is 5.35. The van der Waals surface area contributed by atoms with E-state index in [1.807, 2.05) is 13.8 Å². The van der Waals surface area contributed by atoms with E-state index in [2.05, 4.69) is 16.3 Å². The summed E-state index contributed by atoms with van der Waals surface area (Å²) >= 11 is 0.958. The van der Waals surface area contributed by atoms with Crippen LogP contribution in [0.4, 0.5) is 0 Å². The van der Waals surface area contributed by atoms with Crippen molar-refractivity contribution in [2.45, 2.75) is 40.2 Å². The van der Waals surface area contributed by atoms with Gasteiger partial charge >= 0.3 is 5.69 Å². The molecule has 0 saturated carbocycles. The number of fused-ring (bicyclic) bond motifs is 1. The normalized spacial score (nSPS) is 11.3. The summed E-state index contributed by atoms with van der Waals surface area (Å²) in [6, 6.07) is 0. The van der Waals surface area contributed by atoms with Crippen molar-refractivity contribution >= 4 is 28.5 Å². The summed E-state index contributed by atoms with van der Waals surface area (Å²) in [4.78, 5) is 41.6. The van der Waals surface area contributed by atoms with E-state index in [4.69, 9.17) is 0 Å². The summed E-state index contributed by atoms with van der Waals surface area (Å²) < 4.78 is 5.24. The third-order valence-corrected chi connectivity index (χ3v) is 4.39. The maximum Gasteiger partial charge on any atom is 0.328 e. The first kappa shape index (κ1) is 17.4. The number of amides is 1. The molecular formula is C15H22N4O3S. The molecule has 1 N–H and O–H groups in total. The highest BCUT2D eigenvalue weighted by molar-refractivity contribution is 7.09. The Labute approximate surface area is 138 Å². The molecule has 0 radical (unpaired) electrons. The molecule has 2 aromatic rings. The quantitative estimate of drug-likeness (QED) is 0.868. The van der Waals surface area contributed by atoms with Crippen LogP contribution in [0, 0.1) is 5.92 Å². The van der Waals surface area contributed by atoms with E-state index in [1.54, 1.807) is 11.9 Å². The maximum atomic E-state index is 12.5. The molecule has 0 unspecified atom stereocenters. The molecule has 126 valence electrons. The van der Waals surface area contributed by atoms with Gasteiger partial charge in [0.2, 0.25) is 0 Å². The van der Waals surface area contributed by atoms with E-state index in [0.717, 1.165) is 28.9 Å². The number of carbonyl (C=O) groups excluding carboxylic acids is 1. The summed E-state index contributed by atoms with van der Waals surface area (Å²) in [6.07, 6.45) is 1.88. The first-order chi connectivity index (χ1) is 10.9. The lowest BCUT2D eigenvalue weighted by Gasteiger charge is -2.15. The topological polar surface area (TPSA) is 88.1 Å². The second kappa shape index (κ2) is 7.08. The molecule has 0 fully saturated rings. The molecule has 2 rings (SSSR count). The van der Waals surface area contributed by atoms with Gasteiger partial charge in [-0.05, 0) is 23.9 Å². The molecule has 23 heavy (non-hydrogen) atoms. The monoisotopic (exact) mass is 338 g/mol. The molecule has 0 aliphatic heterocycles. The van der Waals surface area contributed by atoms with Crippen molar-refractivity contribution in [2.24, 2.45) is 5.92 Å². The van der Waals surface area contributed by atoms with E-state index in [1.165, 1.54) is 0 Å². The third-order valence-electron chi connectivity index (χ3n) is 3.55. The number of aromatic nitrogens is 3. The number of hydrogen-bond acceptors (Lipinski definition) is 5. The van der Waals surface area contributed by atoms with Gasteiger partial charge in [0.1, 0.15) is 4.88 Å². The molecule has 7 nitrogen and oxygen atoms in total. The minimum absolute atomic E-state index is 0.155. The fourth-order valence-electron chi connectivity index (χ4n) is 2.29. The van der Waals surface area contributed by atoms with Gasteiger partial charge in [-0.25, -0.2) is 4.79 Å². The highest BCUT2D eigenvalue weighted by Gasteiger charge is 2.21. The average Bonchev–Trinajstić information content (AvgIpc) is 2.91. The van der Waals surface area contributed by atoms with E-state index >= 15 is 0 Å². The SMILES string of the molecule is CCCCN(C)C(=O)c1snc2c(=O)n(CC(C)C)c(=O)[nH]c12. The van der Waals surface area contributed by atoms with Gasteiger partial charge in [0.05, 0.1) is 5.52 Å². The van der Waals surface area contributed by atoms with Crippen LogP contribution in [0.25, 0.3) is 11.0 Å². The Balaban J connectivity index is 2.48. The molecule has 8 heteroatoms. The van der Waals surface area contributed by atoms with Gasteiger partial charge in [-0.3, -0.25) is 14.2 Å². The molecule has 0 aromatic carbocycles. The van der Waals surface area contributed by atoms with Crippen molar-refractivity contribution in [3.63, 3.8) is 0 Å². The van der Waals surface area contributed by atoms with Gasteiger partial charge in [-0.2, -0.15) is 4.37 Å². The second-order valence-electron chi connectivity index (χ2n) is 6.06. The van der Waals surface area contributed by atoms with Gasteiger partial charge in [0, 0.05) is 20.1 Å². The van der Waals surface area contributed by atoms with E-state index in [-0.39, 0.29) is 22.9 Å². The number of aromatic amines is 1. The van der Waals surface area contributed by atoms with Crippen molar-refractivity contribution < 1.29 is 4.79 Å². The predicted octanol–water partition coefficient (Wildman–Crippen LogP) is 1.67. The molecular weight excluding hydrogens is 316 g/mol. The molecule has 0 aliphatic rings. The summed E-state index contributed by atoms with van der Waals surface area (Å²) in [5.41, 5.74) is -0.536. The van der Waals surface area contributed by atoms with Gasteiger partial charge in [-0.1, -0.05) is 27.2 Å². The minimum Gasteiger partial charge on any atom is -0.341 e. The van der Waals surface area contributed by atoms with Crippen molar-refractivity contribution in [3.8, 4) is 0 Å². The zero-order valence-corrected chi connectivity index (χ0v) is 14.7. The number of hydrogen-bond donors (Lipinski definition) is 1. The number of nitrogens with zero attached hydrogens (tertiary/aromatic N) is 3. The Hall–Kier alpha value is -1.96. The third kappa shape index (κ3) is 3.52. The van der Waals surface area contributed by atoms with Crippen LogP contribution in [0.1, 0.15) is 43.3 Å². The highest BCUT2D eigenvalue weighted by atomic mass is 32.1. The summed E-state index contributed by atoms with van der Waals surface area (Å²) in [7, 11) is 1.71. The summed E-state index contributed by atoms with van der Waals surface area (Å²) in [6.45, 7) is 6.85. The molecule has 2 aromatic heterocycles. The lowest BCUT2D eigenvalue weighted by Crippen LogP contribution is -2.36. The molecule has 2 heterocycles. The first-order valence-corrected chi connectivity index (χ1v) is 8.52. The lowest BCUT2D eigenvalue weighted by molar-refractivity contribution is 0.0799. The Bertz CT molecular complexity index is 818. The molecule has 0 atom stereocenters. The van der Waals surface area contributed by atoms with Gasteiger partial charge in [0.25, 0.3) is 11.5 Å². The number of nitrogens with one attached hydrogen (secondary N) is 1. The van der Waals surface area contributed by atoms with Crippen LogP contribution in [0.5, 0.6) is 0 Å². The van der Waals surface area contributed by atoms with E-state index in [9.17, 15) is 14.4 Å². The summed E-state index contributed by atoms with van der Waals surface area (Å²) in [5.74, 6) is -0.0613. The summed E-state index contributed by atoms with van der Waals surface area (Å²) in [5, 5.41) is 0. The van der Waals surface area contributed by atoms with Crippen LogP contribution in [-0.4, -0.2) is 38.3 Å². The van der Waals surface area contributed by atoms with Gasteiger partial charge in [0.15, 0.2) is 5.52 Å². The smallest absolute Gasteiger partial charge is 0.328 e. The Morgan fingerprint density at radius 2 is 2.09 bits per heavy atom. The van der Waals surface area contributed by atoms with Crippen molar-refractivity contribution in [1.82, 2.24) is 18.8 Å². The largest absolute Gasteiger partial charge is 0.341 e. The number of H-pyrrole nitrogens is 1. The van der Waals surface area contributed by atoms with E-state index in [0.29, 0.717) is 18.0 Å². The van der Waals surface area contributed by atoms with Crippen molar-refractivity contribution in [2.75, 3.05) is 13.6 Å². The number of carbonyl (C=O) groups is 1. The zero-order chi connectivity index (χ0) is 17.1. The molecule has 0 aliphatic carbocycles. The number of unbranched alkanes of at least 4 members (excludes halogenated alkanes) is 1. The Morgan fingerprint density at radius 3 is 2.70 bits per heavy atom. The van der Waals surface area contributed by atoms with Crippen LogP contribution in [0.2, 0.25) is 0 Å². The first-order valence-electron chi connectivity index (χ1n) is 7.74. The van der Waals surface area contributed by atoms with Crippen LogP contribution < -0.4 is 11.2 Å². The number of rotatable bonds is 6. The molecule has 0 spiro atoms. The molecule has 0 bridgehead atoms. The maximum absolute atomic E-state index is 12.5. The minimum atomic E-state index is -0.498. The van der Waals surface area contributed by atoms with Gasteiger partial charge < -0.3 is 9.88 Å². The zero-order valence-electron chi connectivity index (χ0n) is 13.9. The van der Waals surface area contributed by atoms with Gasteiger partial charge in [-0.15, -0.1) is 0 Å². The van der Waals surface area contributed by atoms with Crippen LogP contribution in [0.3, 0.4) is 0 Å². The molecule has 1 amide bonds. The van der Waals surface area contributed by atoms with Crippen LogP contribution >= 0.6 is 11.5 Å². The predicted molar refractivity (Wildman–Crippen MR) is 91.2 cm³/mol. The standard InChI is InChI=1S/C15H22N4O3S/c1-5-6-7-18(4)14(21)12-10-11(17-23-12)13(20)19(8-9(2)3)15(22)16-10/h9H,5-8H2,1-4H3,(H,16,22). The average molecular weight is 338 g/mol. The molecule has 0 saturated heterocycles. The van der Waals surface area contributed by atoms with Crippen LogP contribution in [0.15, 0.2) is 9.59 Å². The lowest BCUT2D eigenvalue weighted by atomic mass is 10.2.